The van der Waals surface area contributed by atoms with E-state index in [-0.39, 0.29) is 6.10 Å². The van der Waals surface area contributed by atoms with E-state index in [9.17, 15) is 0 Å². The van der Waals surface area contributed by atoms with E-state index in [2.05, 4.69) is 30.4 Å². The number of nitrogens with zero attached hydrogens (tertiary/aromatic N) is 1. The van der Waals surface area contributed by atoms with Gasteiger partial charge in [-0.25, -0.2) is 0 Å². The molecule has 0 N–H and O–H groups in total. The quantitative estimate of drug-likeness (QED) is 0.647. The zero-order valence-corrected chi connectivity index (χ0v) is 9.53. The molecule has 74 valence electrons. The van der Waals surface area contributed by atoms with E-state index >= 15 is 0 Å². The molecule has 5 atom stereocenters. The van der Waals surface area contributed by atoms with Gasteiger partial charge < -0.3 is 9.22 Å². The Bertz CT molecular complexity index is 246. The molecule has 0 aliphatic carbocycles. The third-order valence-corrected chi connectivity index (χ3v) is 4.68. The Balaban J connectivity index is 2.00. The summed E-state index contributed by atoms with van der Waals surface area (Å²) in [7, 11) is 4.61. The predicted octanol–water partition coefficient (Wildman–Crippen LogP) is 1.07. The van der Waals surface area contributed by atoms with Gasteiger partial charge in [0.25, 0.3) is 0 Å². The van der Waals surface area contributed by atoms with Crippen LogP contribution in [0.4, 0.5) is 0 Å². The second kappa shape index (κ2) is 2.48. The second-order valence-corrected chi connectivity index (χ2v) is 5.39. The first-order chi connectivity index (χ1) is 6.14. The molecular weight excluding hydrogens is 234 g/mol. The summed E-state index contributed by atoms with van der Waals surface area (Å²) >= 11 is 3.14. The van der Waals surface area contributed by atoms with Crippen LogP contribution < -0.4 is 0 Å². The fourth-order valence-corrected chi connectivity index (χ4v) is 3.96. The second-order valence-electron chi connectivity index (χ2n) is 5.01. The average molecular weight is 249 g/mol. The van der Waals surface area contributed by atoms with Crippen molar-refractivity contribution in [2.45, 2.75) is 43.2 Å². The van der Waals surface area contributed by atoms with Crippen molar-refractivity contribution in [3.63, 3.8) is 0 Å². The highest BCUT2D eigenvalue weighted by Gasteiger charge is 2.67. The standard InChI is InChI=1S/C9H15BrNO2/c1-11(2)6-3-5-4-7(11)9(13-10)8(6)12-5/h5-9H,3-4H2,1-2H3/q+1/t5?,6-,7+,8+,9+/m1/s1. The number of rotatable bonds is 1. The maximum atomic E-state index is 5.92. The lowest BCUT2D eigenvalue weighted by Crippen LogP contribution is -2.56. The summed E-state index contributed by atoms with van der Waals surface area (Å²) < 4.78 is 12.4. The Labute approximate surface area is 87.0 Å². The van der Waals surface area contributed by atoms with Crippen molar-refractivity contribution in [1.82, 2.24) is 0 Å². The summed E-state index contributed by atoms with van der Waals surface area (Å²) in [5.41, 5.74) is 0. The van der Waals surface area contributed by atoms with E-state index < -0.39 is 0 Å². The van der Waals surface area contributed by atoms with Gasteiger partial charge >= 0.3 is 0 Å². The van der Waals surface area contributed by atoms with Crippen LogP contribution >= 0.6 is 16.3 Å². The van der Waals surface area contributed by atoms with Crippen LogP contribution in [-0.2, 0) is 8.57 Å². The maximum absolute atomic E-state index is 5.92. The monoisotopic (exact) mass is 248 g/mol. The van der Waals surface area contributed by atoms with Crippen LogP contribution in [-0.4, -0.2) is 49.0 Å². The van der Waals surface area contributed by atoms with Crippen LogP contribution in [0.1, 0.15) is 12.8 Å². The molecule has 0 saturated carbocycles. The SMILES string of the molecule is C[N+]1(C)[C@@H]2CC3C[C@H]1[C@H](OBr)[C@H]2O3. The molecule has 4 aliphatic rings. The topological polar surface area (TPSA) is 18.5 Å². The molecule has 4 heteroatoms. The van der Waals surface area contributed by atoms with E-state index in [4.69, 9.17) is 8.57 Å². The normalized spacial score (nSPS) is 56.1. The summed E-state index contributed by atoms with van der Waals surface area (Å²) in [6.45, 7) is 0. The van der Waals surface area contributed by atoms with Gasteiger partial charge in [0.15, 0.2) is 6.10 Å². The minimum atomic E-state index is 0.263. The molecule has 3 nitrogen and oxygen atoms in total. The van der Waals surface area contributed by atoms with Gasteiger partial charge in [0, 0.05) is 12.8 Å². The van der Waals surface area contributed by atoms with Crippen LogP contribution in [0.3, 0.4) is 0 Å². The van der Waals surface area contributed by atoms with Crippen molar-refractivity contribution >= 4 is 16.3 Å². The highest BCUT2D eigenvalue weighted by atomic mass is 79.9. The highest BCUT2D eigenvalue weighted by molar-refractivity contribution is 9.06. The van der Waals surface area contributed by atoms with Crippen LogP contribution in [0.25, 0.3) is 0 Å². The molecule has 1 unspecified atom stereocenters. The van der Waals surface area contributed by atoms with Gasteiger partial charge in [0.05, 0.1) is 36.5 Å². The summed E-state index contributed by atoms with van der Waals surface area (Å²) in [5.74, 6) is 0. The third kappa shape index (κ3) is 0.902. The van der Waals surface area contributed by atoms with Crippen molar-refractivity contribution < 1.29 is 13.0 Å². The number of piperidine rings is 1. The van der Waals surface area contributed by atoms with Crippen molar-refractivity contribution in [3.8, 4) is 0 Å². The molecule has 0 aromatic carbocycles. The van der Waals surface area contributed by atoms with Crippen LogP contribution in [0, 0.1) is 0 Å². The Morgan fingerprint density at radius 3 is 2.62 bits per heavy atom. The predicted molar refractivity (Wildman–Crippen MR) is 51.4 cm³/mol. The Morgan fingerprint density at radius 1 is 1.31 bits per heavy atom. The van der Waals surface area contributed by atoms with Gasteiger partial charge in [-0.2, -0.15) is 0 Å². The first-order valence-electron chi connectivity index (χ1n) is 4.91. The minimum absolute atomic E-state index is 0.263. The van der Waals surface area contributed by atoms with E-state index in [1.807, 2.05) is 0 Å². The van der Waals surface area contributed by atoms with Crippen molar-refractivity contribution in [1.29, 1.82) is 0 Å². The maximum Gasteiger partial charge on any atom is 0.156 e. The molecule has 4 fully saturated rings. The number of quaternary nitrogens is 1. The molecule has 13 heavy (non-hydrogen) atoms. The van der Waals surface area contributed by atoms with E-state index in [0.29, 0.717) is 24.3 Å². The Hall–Kier alpha value is 0.360. The van der Waals surface area contributed by atoms with E-state index in [1.165, 1.54) is 6.42 Å². The molecule has 4 saturated heterocycles. The van der Waals surface area contributed by atoms with Crippen molar-refractivity contribution in [2.24, 2.45) is 0 Å². The molecule has 4 bridgehead atoms. The van der Waals surface area contributed by atoms with Crippen LogP contribution in [0.15, 0.2) is 0 Å². The lowest BCUT2D eigenvalue weighted by atomic mass is 9.98. The summed E-state index contributed by atoms with van der Waals surface area (Å²) in [6.07, 6.45) is 3.50. The number of hydrogen-bond donors (Lipinski definition) is 0. The van der Waals surface area contributed by atoms with Crippen LogP contribution in [0.5, 0.6) is 0 Å². The molecular formula is C9H15BrNO2+. The van der Waals surface area contributed by atoms with E-state index in [0.717, 1.165) is 10.9 Å². The number of ether oxygens (including phenoxy) is 1. The fourth-order valence-electron chi connectivity index (χ4n) is 3.50. The smallest absolute Gasteiger partial charge is 0.156 e. The molecule has 0 radical (unpaired) electrons. The summed E-state index contributed by atoms with van der Waals surface area (Å²) in [4.78, 5) is 0. The van der Waals surface area contributed by atoms with Gasteiger partial charge in [-0.1, -0.05) is 0 Å². The number of halogens is 1. The lowest BCUT2D eigenvalue weighted by Gasteiger charge is -2.41. The zero-order valence-electron chi connectivity index (χ0n) is 7.94. The first-order valence-corrected chi connectivity index (χ1v) is 5.55. The third-order valence-electron chi connectivity index (χ3n) is 4.25. The van der Waals surface area contributed by atoms with Crippen molar-refractivity contribution in [3.05, 3.63) is 0 Å². The Morgan fingerprint density at radius 2 is 2.00 bits per heavy atom. The van der Waals surface area contributed by atoms with Crippen LogP contribution in [0.2, 0.25) is 0 Å². The molecule has 4 heterocycles. The lowest BCUT2D eigenvalue weighted by molar-refractivity contribution is -0.930. The van der Waals surface area contributed by atoms with Gasteiger partial charge in [0.2, 0.25) is 0 Å². The van der Waals surface area contributed by atoms with Gasteiger partial charge in [-0.3, -0.25) is 3.83 Å². The van der Waals surface area contributed by atoms with Crippen molar-refractivity contribution in [2.75, 3.05) is 14.1 Å². The highest BCUT2D eigenvalue weighted by Crippen LogP contribution is 2.49. The molecule has 4 rings (SSSR count). The van der Waals surface area contributed by atoms with E-state index in [1.54, 1.807) is 0 Å². The Kier molecular flexibility index (Phi) is 1.65. The van der Waals surface area contributed by atoms with Gasteiger partial charge in [-0.15, -0.1) is 0 Å². The summed E-state index contributed by atoms with van der Waals surface area (Å²) in [6, 6.07) is 1.29. The first kappa shape index (κ1) is 8.65. The van der Waals surface area contributed by atoms with Gasteiger partial charge in [0.1, 0.15) is 18.2 Å². The molecule has 0 spiro atoms. The molecule has 0 aromatic rings. The largest absolute Gasteiger partial charge is 0.365 e. The average Bonchev–Trinajstić information content (AvgIpc) is 2.48. The fraction of sp³-hybridized carbons (Fsp3) is 1.00. The molecule has 0 aromatic heterocycles. The van der Waals surface area contributed by atoms with Gasteiger partial charge in [-0.05, 0) is 0 Å². The number of hydrogen-bond acceptors (Lipinski definition) is 2. The number of likely N-dealkylation sites (N-methyl/N-ethyl adjacent to an activating group) is 1. The molecule has 0 amide bonds. The molecule has 4 aliphatic heterocycles. The summed E-state index contributed by atoms with van der Waals surface area (Å²) in [5, 5.41) is 0. The minimum Gasteiger partial charge on any atom is -0.365 e. The zero-order chi connectivity index (χ0) is 9.22.